The van der Waals surface area contributed by atoms with Crippen molar-refractivity contribution in [2.75, 3.05) is 0 Å². The van der Waals surface area contributed by atoms with E-state index >= 15 is 0 Å². The van der Waals surface area contributed by atoms with Gasteiger partial charge in [0.15, 0.2) is 11.4 Å². The zero-order chi connectivity index (χ0) is 11.5. The number of nitrogens with zero attached hydrogens (tertiary/aromatic N) is 7. The smallest absolute Gasteiger partial charge is 0.176 e. The van der Waals surface area contributed by atoms with E-state index in [9.17, 15) is 0 Å². The van der Waals surface area contributed by atoms with Gasteiger partial charge in [-0.1, -0.05) is 0 Å². The summed E-state index contributed by atoms with van der Waals surface area (Å²) in [6.45, 7) is 0.369. The number of hydrogen-bond donors (Lipinski definition) is 0. The van der Waals surface area contributed by atoms with Crippen molar-refractivity contribution >= 4 is 0 Å². The van der Waals surface area contributed by atoms with Crippen molar-refractivity contribution in [2.45, 2.75) is 6.54 Å². The van der Waals surface area contributed by atoms with Gasteiger partial charge in [-0.15, -0.1) is 0 Å². The van der Waals surface area contributed by atoms with Crippen LogP contribution >= 0.6 is 0 Å². The maximum absolute atomic E-state index is 8.91. The number of imidazole rings is 1. The van der Waals surface area contributed by atoms with Crippen LogP contribution in [0.4, 0.5) is 0 Å². The third-order valence-corrected chi connectivity index (χ3v) is 2.17. The molecule has 2 heterocycles. The molecule has 2 rings (SSSR count). The van der Waals surface area contributed by atoms with Gasteiger partial charge in [0.05, 0.1) is 12.9 Å². The van der Waals surface area contributed by atoms with Crippen LogP contribution in [0.2, 0.25) is 0 Å². The Morgan fingerprint density at radius 3 is 2.69 bits per heavy atom. The van der Waals surface area contributed by atoms with Crippen LogP contribution < -0.4 is 0 Å². The van der Waals surface area contributed by atoms with Crippen molar-refractivity contribution in [3.63, 3.8) is 0 Å². The summed E-state index contributed by atoms with van der Waals surface area (Å²) in [5.74, 6) is 0.693. The Morgan fingerprint density at radius 2 is 2.12 bits per heavy atom. The zero-order valence-electron chi connectivity index (χ0n) is 8.49. The molecule has 2 aromatic heterocycles. The van der Waals surface area contributed by atoms with Crippen LogP contribution in [-0.4, -0.2) is 24.3 Å². The van der Waals surface area contributed by atoms with Crippen LogP contribution in [0.5, 0.6) is 0 Å². The van der Waals surface area contributed by atoms with Gasteiger partial charge in [-0.3, -0.25) is 4.68 Å². The van der Waals surface area contributed by atoms with Gasteiger partial charge >= 0.3 is 0 Å². The van der Waals surface area contributed by atoms with E-state index in [1.807, 2.05) is 12.1 Å². The second-order valence-corrected chi connectivity index (χ2v) is 3.09. The van der Waals surface area contributed by atoms with Gasteiger partial charge in [0.1, 0.15) is 24.3 Å². The van der Waals surface area contributed by atoms with Gasteiger partial charge in [0, 0.05) is 7.05 Å². The van der Waals surface area contributed by atoms with Gasteiger partial charge in [-0.05, 0) is 0 Å². The number of aryl methyl sites for hydroxylation is 1. The van der Waals surface area contributed by atoms with Gasteiger partial charge in [0.25, 0.3) is 0 Å². The molecular weight excluding hydrogens is 206 g/mol. The Kier molecular flexibility index (Phi) is 2.36. The molecule has 0 aromatic carbocycles. The van der Waals surface area contributed by atoms with Gasteiger partial charge in [0.2, 0.25) is 0 Å². The van der Waals surface area contributed by atoms with E-state index in [2.05, 4.69) is 15.1 Å². The van der Waals surface area contributed by atoms with Crippen LogP contribution in [0, 0.1) is 22.7 Å². The lowest BCUT2D eigenvalue weighted by Crippen LogP contribution is -2.07. The molecule has 0 bridgehead atoms. The van der Waals surface area contributed by atoms with E-state index < -0.39 is 0 Å². The molecule has 7 heteroatoms. The minimum atomic E-state index is 0.129. The molecule has 0 atom stereocenters. The van der Waals surface area contributed by atoms with Crippen molar-refractivity contribution in [2.24, 2.45) is 7.05 Å². The quantitative estimate of drug-likeness (QED) is 0.688. The molecule has 0 unspecified atom stereocenters. The maximum atomic E-state index is 8.91. The summed E-state index contributed by atoms with van der Waals surface area (Å²) in [5.41, 5.74) is 0.371. The first-order chi connectivity index (χ1) is 7.76. The highest BCUT2D eigenvalue weighted by Gasteiger charge is 2.11. The molecule has 0 radical (unpaired) electrons. The first-order valence-electron chi connectivity index (χ1n) is 4.44. The number of aromatic nitrogens is 5. The SMILES string of the molecule is Cn1ncnc1Cn1cnc(C#N)c1C#N. The summed E-state index contributed by atoms with van der Waals surface area (Å²) < 4.78 is 3.18. The molecule has 0 spiro atoms. The van der Waals surface area contributed by atoms with E-state index in [4.69, 9.17) is 10.5 Å². The molecule has 0 fully saturated rings. The van der Waals surface area contributed by atoms with E-state index in [1.54, 1.807) is 16.3 Å². The molecule has 0 aliphatic heterocycles. The lowest BCUT2D eigenvalue weighted by Gasteiger charge is -2.02. The lowest BCUT2D eigenvalue weighted by molar-refractivity contribution is 0.650. The standard InChI is InChI=1S/C9H7N7/c1-15-9(12-5-14-15)4-16-6-13-7(2-10)8(16)3-11/h5-6H,4H2,1H3. The predicted molar refractivity (Wildman–Crippen MR) is 51.8 cm³/mol. The normalized spacial score (nSPS) is 9.69. The summed E-state index contributed by atoms with van der Waals surface area (Å²) >= 11 is 0. The third-order valence-electron chi connectivity index (χ3n) is 2.17. The zero-order valence-corrected chi connectivity index (χ0v) is 8.49. The summed E-state index contributed by atoms with van der Waals surface area (Å²) in [4.78, 5) is 7.87. The first-order valence-corrected chi connectivity index (χ1v) is 4.44. The molecule has 0 amide bonds. The van der Waals surface area contributed by atoms with Gasteiger partial charge < -0.3 is 4.57 Å². The second kappa shape index (κ2) is 3.83. The Labute approximate surface area is 91.2 Å². The summed E-state index contributed by atoms with van der Waals surface area (Å²) in [5, 5.41) is 21.6. The minimum absolute atomic E-state index is 0.129. The Hall–Kier alpha value is -2.67. The van der Waals surface area contributed by atoms with Crippen LogP contribution in [0.15, 0.2) is 12.7 Å². The van der Waals surface area contributed by atoms with Gasteiger partial charge in [-0.2, -0.15) is 15.6 Å². The van der Waals surface area contributed by atoms with E-state index in [0.717, 1.165) is 0 Å². The van der Waals surface area contributed by atoms with Crippen LogP contribution in [0.1, 0.15) is 17.2 Å². The highest BCUT2D eigenvalue weighted by atomic mass is 15.3. The van der Waals surface area contributed by atoms with Crippen molar-refractivity contribution in [3.05, 3.63) is 29.9 Å². The monoisotopic (exact) mass is 213 g/mol. The first kappa shape index (κ1) is 9.87. The molecule has 16 heavy (non-hydrogen) atoms. The summed E-state index contributed by atoms with van der Waals surface area (Å²) in [7, 11) is 1.76. The largest absolute Gasteiger partial charge is 0.314 e. The van der Waals surface area contributed by atoms with E-state index in [0.29, 0.717) is 12.4 Å². The third kappa shape index (κ3) is 1.51. The molecule has 0 N–H and O–H groups in total. The van der Waals surface area contributed by atoms with Gasteiger partial charge in [-0.25, -0.2) is 9.97 Å². The molecule has 0 saturated carbocycles. The van der Waals surface area contributed by atoms with Crippen LogP contribution in [0.3, 0.4) is 0 Å². The lowest BCUT2D eigenvalue weighted by atomic mass is 10.3. The fourth-order valence-electron chi connectivity index (χ4n) is 1.32. The fourth-order valence-corrected chi connectivity index (χ4v) is 1.32. The molecule has 7 nitrogen and oxygen atoms in total. The molecule has 0 saturated heterocycles. The Bertz CT molecular complexity index is 592. The number of rotatable bonds is 2. The summed E-state index contributed by atoms with van der Waals surface area (Å²) in [6.07, 6.45) is 2.88. The molecule has 2 aromatic rings. The van der Waals surface area contributed by atoms with Crippen molar-refractivity contribution in [3.8, 4) is 12.1 Å². The Morgan fingerprint density at radius 1 is 1.31 bits per heavy atom. The van der Waals surface area contributed by atoms with Crippen molar-refractivity contribution in [1.82, 2.24) is 24.3 Å². The predicted octanol–water partition coefficient (Wildman–Crippen LogP) is -0.197. The van der Waals surface area contributed by atoms with E-state index in [1.165, 1.54) is 12.7 Å². The fraction of sp³-hybridized carbons (Fsp3) is 0.222. The maximum Gasteiger partial charge on any atom is 0.176 e. The molecule has 78 valence electrons. The molecule has 0 aliphatic rings. The summed E-state index contributed by atoms with van der Waals surface area (Å²) in [6, 6.07) is 3.81. The minimum Gasteiger partial charge on any atom is -0.314 e. The number of nitriles is 2. The highest BCUT2D eigenvalue weighted by molar-refractivity contribution is 5.36. The molecule has 0 aliphatic carbocycles. The van der Waals surface area contributed by atoms with E-state index in [-0.39, 0.29) is 11.4 Å². The highest BCUT2D eigenvalue weighted by Crippen LogP contribution is 2.07. The van der Waals surface area contributed by atoms with Crippen LogP contribution in [-0.2, 0) is 13.6 Å². The average Bonchev–Trinajstić information content (AvgIpc) is 2.86. The topological polar surface area (TPSA) is 96.1 Å². The Balaban J connectivity index is 2.37. The van der Waals surface area contributed by atoms with Crippen LogP contribution in [0.25, 0.3) is 0 Å². The second-order valence-electron chi connectivity index (χ2n) is 3.09. The van der Waals surface area contributed by atoms with Crippen molar-refractivity contribution in [1.29, 1.82) is 10.5 Å². The number of hydrogen-bond acceptors (Lipinski definition) is 5. The average molecular weight is 213 g/mol. The van der Waals surface area contributed by atoms with Crippen molar-refractivity contribution < 1.29 is 0 Å². The molecular formula is C9H7N7.